The van der Waals surface area contributed by atoms with E-state index in [-0.39, 0.29) is 18.6 Å². The van der Waals surface area contributed by atoms with Crippen molar-refractivity contribution in [3.05, 3.63) is 59.2 Å². The molecule has 0 aromatic heterocycles. The smallest absolute Gasteiger partial charge is 0.316 e. The van der Waals surface area contributed by atoms with Crippen molar-refractivity contribution in [2.24, 2.45) is 5.73 Å². The van der Waals surface area contributed by atoms with Crippen LogP contribution in [0.4, 0.5) is 10.5 Å². The van der Waals surface area contributed by atoms with E-state index in [4.69, 9.17) is 10.5 Å². The van der Waals surface area contributed by atoms with Crippen LogP contribution >= 0.6 is 0 Å². The molecule has 6 nitrogen and oxygen atoms in total. The van der Waals surface area contributed by atoms with Crippen molar-refractivity contribution in [3.63, 3.8) is 0 Å². The number of hydrogen-bond acceptors (Lipinski definition) is 3. The summed E-state index contributed by atoms with van der Waals surface area (Å²) in [6.07, 6.45) is 3.39. The third-order valence-corrected chi connectivity index (χ3v) is 4.50. The Kier molecular flexibility index (Phi) is 5.41. The van der Waals surface area contributed by atoms with Crippen LogP contribution in [0.3, 0.4) is 0 Å². The van der Waals surface area contributed by atoms with Crippen molar-refractivity contribution in [2.45, 2.75) is 32.2 Å². The van der Waals surface area contributed by atoms with E-state index in [9.17, 15) is 9.59 Å². The highest BCUT2D eigenvalue weighted by molar-refractivity contribution is 5.87. The number of nitrogens with one attached hydrogen (secondary N) is 2. The molecule has 4 N–H and O–H groups in total. The Labute approximate surface area is 152 Å². The number of hydrogen-bond donors (Lipinski definition) is 3. The Bertz CT molecular complexity index is 802. The Morgan fingerprint density at radius 3 is 2.58 bits per heavy atom. The van der Waals surface area contributed by atoms with Gasteiger partial charge in [0.25, 0.3) is 5.91 Å². The summed E-state index contributed by atoms with van der Waals surface area (Å²) in [5, 5.41) is 5.40. The Morgan fingerprint density at radius 1 is 1.12 bits per heavy atom. The molecule has 1 unspecified atom stereocenters. The number of aryl methyl sites for hydroxylation is 2. The molecule has 3 amide bonds. The number of primary amides is 1. The summed E-state index contributed by atoms with van der Waals surface area (Å²) < 4.78 is 5.62. The van der Waals surface area contributed by atoms with Crippen LogP contribution in [0.2, 0.25) is 0 Å². The molecule has 0 spiro atoms. The molecule has 26 heavy (non-hydrogen) atoms. The van der Waals surface area contributed by atoms with Gasteiger partial charge in [-0.2, -0.15) is 0 Å². The zero-order valence-electron chi connectivity index (χ0n) is 14.7. The number of nitrogens with two attached hydrogens (primary N) is 1. The van der Waals surface area contributed by atoms with E-state index in [0.29, 0.717) is 5.69 Å². The highest BCUT2D eigenvalue weighted by Gasteiger charge is 2.13. The molecule has 0 bridgehead atoms. The molecule has 0 fully saturated rings. The molecular weight excluding hydrogens is 330 g/mol. The average Bonchev–Trinajstić information content (AvgIpc) is 3.07. The van der Waals surface area contributed by atoms with Gasteiger partial charge >= 0.3 is 6.03 Å². The minimum absolute atomic E-state index is 0.0234. The lowest BCUT2D eigenvalue weighted by molar-refractivity contribution is -0.123. The number of amides is 3. The Hall–Kier alpha value is -3.02. The lowest BCUT2D eigenvalue weighted by Gasteiger charge is -2.15. The molecule has 3 rings (SSSR count). The average molecular weight is 353 g/mol. The fourth-order valence-corrected chi connectivity index (χ4v) is 3.15. The highest BCUT2D eigenvalue weighted by Crippen LogP contribution is 2.26. The maximum absolute atomic E-state index is 12.1. The molecule has 0 aliphatic heterocycles. The van der Waals surface area contributed by atoms with Crippen molar-refractivity contribution in [3.8, 4) is 5.75 Å². The maximum atomic E-state index is 12.1. The zero-order chi connectivity index (χ0) is 18.5. The monoisotopic (exact) mass is 353 g/mol. The summed E-state index contributed by atoms with van der Waals surface area (Å²) in [6.45, 7) is 1.87. The number of rotatable bonds is 6. The fraction of sp³-hybridized carbons (Fsp3) is 0.300. The number of fused-ring (bicyclic) bond motifs is 1. The molecule has 1 atom stereocenters. The standard InChI is InChI=1S/C20H23N3O3/c1-13(14-5-8-17(9-6-14)23-20(21)25)22-19(24)12-26-18-10-7-15-3-2-4-16(15)11-18/h5-11,13H,2-4,12H2,1H3,(H,22,24)(H3,21,23,25). The molecule has 136 valence electrons. The van der Waals surface area contributed by atoms with Crippen LogP contribution in [-0.2, 0) is 17.6 Å². The highest BCUT2D eigenvalue weighted by atomic mass is 16.5. The molecule has 0 saturated heterocycles. The van der Waals surface area contributed by atoms with Crippen LogP contribution < -0.4 is 21.1 Å². The first-order valence-corrected chi connectivity index (χ1v) is 8.71. The second kappa shape index (κ2) is 7.91. The third-order valence-electron chi connectivity index (χ3n) is 4.50. The lowest BCUT2D eigenvalue weighted by Crippen LogP contribution is -2.31. The SMILES string of the molecule is CC(NC(=O)COc1ccc2c(c1)CCC2)c1ccc(NC(N)=O)cc1. The lowest BCUT2D eigenvalue weighted by atomic mass is 10.1. The predicted molar refractivity (Wildman–Crippen MR) is 100 cm³/mol. The van der Waals surface area contributed by atoms with E-state index < -0.39 is 6.03 Å². The van der Waals surface area contributed by atoms with E-state index in [2.05, 4.69) is 16.7 Å². The minimum atomic E-state index is -0.609. The molecule has 2 aromatic rings. The zero-order valence-corrected chi connectivity index (χ0v) is 14.7. The first kappa shape index (κ1) is 17.8. The van der Waals surface area contributed by atoms with E-state index in [0.717, 1.165) is 24.2 Å². The van der Waals surface area contributed by atoms with Crippen LogP contribution in [0, 0.1) is 0 Å². The molecule has 0 radical (unpaired) electrons. The molecule has 1 aliphatic rings. The number of carbonyl (C=O) groups excluding carboxylic acids is 2. The largest absolute Gasteiger partial charge is 0.484 e. The molecule has 0 saturated carbocycles. The van der Waals surface area contributed by atoms with Gasteiger partial charge in [-0.1, -0.05) is 18.2 Å². The van der Waals surface area contributed by atoms with Crippen LogP contribution in [0.1, 0.15) is 36.1 Å². The Balaban J connectivity index is 1.50. The third kappa shape index (κ3) is 4.53. The van der Waals surface area contributed by atoms with E-state index in [1.807, 2.05) is 31.2 Å². The maximum Gasteiger partial charge on any atom is 0.316 e. The van der Waals surface area contributed by atoms with Gasteiger partial charge in [0.2, 0.25) is 0 Å². The first-order valence-electron chi connectivity index (χ1n) is 8.71. The quantitative estimate of drug-likeness (QED) is 0.745. The van der Waals surface area contributed by atoms with Gasteiger partial charge in [0, 0.05) is 5.69 Å². The number of carbonyl (C=O) groups is 2. The molecule has 1 aliphatic carbocycles. The summed E-state index contributed by atoms with van der Waals surface area (Å²) in [6, 6.07) is 12.4. The van der Waals surface area contributed by atoms with Gasteiger partial charge in [-0.3, -0.25) is 4.79 Å². The van der Waals surface area contributed by atoms with Crippen LogP contribution in [0.15, 0.2) is 42.5 Å². The second-order valence-corrected chi connectivity index (χ2v) is 6.47. The summed E-state index contributed by atoms with van der Waals surface area (Å²) >= 11 is 0. The topological polar surface area (TPSA) is 93.4 Å². The van der Waals surface area contributed by atoms with E-state index in [1.54, 1.807) is 12.1 Å². The van der Waals surface area contributed by atoms with Gasteiger partial charge in [0.1, 0.15) is 5.75 Å². The van der Waals surface area contributed by atoms with E-state index in [1.165, 1.54) is 17.5 Å². The van der Waals surface area contributed by atoms with Crippen LogP contribution in [0.25, 0.3) is 0 Å². The van der Waals surface area contributed by atoms with Gasteiger partial charge in [-0.15, -0.1) is 0 Å². The minimum Gasteiger partial charge on any atom is -0.484 e. The fourth-order valence-electron chi connectivity index (χ4n) is 3.15. The summed E-state index contributed by atoms with van der Waals surface area (Å²) in [5.74, 6) is 0.549. The molecule has 0 heterocycles. The number of anilines is 1. The van der Waals surface area contributed by atoms with Crippen molar-refractivity contribution in [1.29, 1.82) is 0 Å². The van der Waals surface area contributed by atoms with E-state index >= 15 is 0 Å². The second-order valence-electron chi connectivity index (χ2n) is 6.47. The van der Waals surface area contributed by atoms with Crippen molar-refractivity contribution >= 4 is 17.6 Å². The van der Waals surface area contributed by atoms with Crippen molar-refractivity contribution in [1.82, 2.24) is 5.32 Å². The van der Waals surface area contributed by atoms with Crippen LogP contribution in [-0.4, -0.2) is 18.5 Å². The van der Waals surface area contributed by atoms with Gasteiger partial charge in [-0.05, 0) is 67.1 Å². The molecule has 6 heteroatoms. The van der Waals surface area contributed by atoms with Gasteiger partial charge in [-0.25, -0.2) is 4.79 Å². The first-order chi connectivity index (χ1) is 12.5. The number of benzene rings is 2. The predicted octanol–water partition coefficient (Wildman–Crippen LogP) is 2.92. The molecular formula is C20H23N3O3. The van der Waals surface area contributed by atoms with Crippen LogP contribution in [0.5, 0.6) is 5.75 Å². The van der Waals surface area contributed by atoms with Crippen molar-refractivity contribution < 1.29 is 14.3 Å². The molecule has 2 aromatic carbocycles. The van der Waals surface area contributed by atoms with Crippen molar-refractivity contribution in [2.75, 3.05) is 11.9 Å². The van der Waals surface area contributed by atoms with Gasteiger partial charge in [0.15, 0.2) is 6.61 Å². The number of ether oxygens (including phenoxy) is 1. The summed E-state index contributed by atoms with van der Waals surface area (Å²) in [4.78, 5) is 23.0. The number of urea groups is 1. The summed E-state index contributed by atoms with van der Waals surface area (Å²) in [7, 11) is 0. The Morgan fingerprint density at radius 2 is 1.85 bits per heavy atom. The van der Waals surface area contributed by atoms with Gasteiger partial charge in [0.05, 0.1) is 6.04 Å². The normalized spacial score (nSPS) is 13.6. The van der Waals surface area contributed by atoms with Gasteiger partial charge < -0.3 is 21.1 Å². The summed E-state index contributed by atoms with van der Waals surface area (Å²) in [5.41, 5.74) is 9.31.